The van der Waals surface area contributed by atoms with Gasteiger partial charge in [0, 0.05) is 21.8 Å². The van der Waals surface area contributed by atoms with E-state index < -0.39 is 33.5 Å². The van der Waals surface area contributed by atoms with Crippen LogP contribution in [0.5, 0.6) is 0 Å². The Morgan fingerprint density at radius 3 is 2.40 bits per heavy atom. The van der Waals surface area contributed by atoms with Gasteiger partial charge in [0.05, 0.1) is 34.4 Å². The molecule has 0 saturated carbocycles. The lowest BCUT2D eigenvalue weighted by Gasteiger charge is -2.07. The number of rotatable bonds is 8. The van der Waals surface area contributed by atoms with Crippen molar-refractivity contribution in [2.24, 2.45) is 5.10 Å². The summed E-state index contributed by atoms with van der Waals surface area (Å²) >= 11 is 3.31. The SMILES string of the molecule is C/C(CC(=O)Nc1ccccc1Br)=N\NC(=O)Cc1ccc([N+](=O)[O-])cc1[N+](=O)[O-]. The number of para-hydroxylation sites is 1. The van der Waals surface area contributed by atoms with Crippen LogP contribution in [-0.4, -0.2) is 27.4 Å². The Labute approximate surface area is 178 Å². The van der Waals surface area contributed by atoms with E-state index in [2.05, 4.69) is 31.8 Å². The van der Waals surface area contributed by atoms with E-state index in [0.29, 0.717) is 15.9 Å². The highest BCUT2D eigenvalue weighted by Crippen LogP contribution is 2.25. The van der Waals surface area contributed by atoms with Crippen molar-refractivity contribution in [2.75, 3.05) is 5.32 Å². The monoisotopic (exact) mass is 477 g/mol. The van der Waals surface area contributed by atoms with Crippen LogP contribution >= 0.6 is 15.9 Å². The van der Waals surface area contributed by atoms with Gasteiger partial charge < -0.3 is 5.32 Å². The number of hydrogen-bond acceptors (Lipinski definition) is 7. The van der Waals surface area contributed by atoms with Gasteiger partial charge in [0.1, 0.15) is 0 Å². The minimum atomic E-state index is -0.795. The largest absolute Gasteiger partial charge is 0.325 e. The van der Waals surface area contributed by atoms with Gasteiger partial charge in [-0.15, -0.1) is 0 Å². The molecule has 0 aromatic heterocycles. The first-order chi connectivity index (χ1) is 14.2. The van der Waals surface area contributed by atoms with Gasteiger partial charge in [-0.25, -0.2) is 5.43 Å². The van der Waals surface area contributed by atoms with Crippen LogP contribution in [-0.2, 0) is 16.0 Å². The second kappa shape index (κ2) is 10.2. The first-order valence-corrected chi connectivity index (χ1v) is 9.24. The second-order valence-electron chi connectivity index (χ2n) is 6.09. The first-order valence-electron chi connectivity index (χ1n) is 8.45. The summed E-state index contributed by atoms with van der Waals surface area (Å²) in [6.45, 7) is 1.54. The number of halogens is 1. The molecule has 2 amide bonds. The van der Waals surface area contributed by atoms with E-state index in [9.17, 15) is 29.8 Å². The molecule has 0 bridgehead atoms. The Hall–Kier alpha value is -3.67. The molecule has 0 unspecified atom stereocenters. The number of carbonyl (C=O) groups is 2. The highest BCUT2D eigenvalue weighted by atomic mass is 79.9. The molecule has 0 aliphatic rings. The summed E-state index contributed by atoms with van der Waals surface area (Å²) < 4.78 is 0.714. The Kier molecular flexibility index (Phi) is 7.69. The molecule has 2 aromatic rings. The molecular formula is C18H16BrN5O6. The number of amides is 2. The van der Waals surface area contributed by atoms with Crippen molar-refractivity contribution < 1.29 is 19.4 Å². The maximum atomic E-state index is 12.1. The Morgan fingerprint density at radius 2 is 1.77 bits per heavy atom. The number of benzene rings is 2. The average Bonchev–Trinajstić information content (AvgIpc) is 2.68. The van der Waals surface area contributed by atoms with Gasteiger partial charge in [0.25, 0.3) is 11.4 Å². The predicted octanol–water partition coefficient (Wildman–Crippen LogP) is 3.33. The number of carbonyl (C=O) groups excluding carboxylic acids is 2. The van der Waals surface area contributed by atoms with Crippen molar-refractivity contribution in [3.05, 3.63) is 72.7 Å². The Morgan fingerprint density at radius 1 is 1.07 bits per heavy atom. The number of nitrogens with one attached hydrogen (secondary N) is 2. The third kappa shape index (κ3) is 6.44. The van der Waals surface area contributed by atoms with Gasteiger partial charge in [0.15, 0.2) is 0 Å². The standard InChI is InChI=1S/C18H16BrN5O6/c1-11(8-17(25)20-15-5-3-2-4-14(15)19)21-22-18(26)9-12-6-7-13(23(27)28)10-16(12)24(29)30/h2-7,10H,8-9H2,1H3,(H,20,25)(H,22,26)/b21-11+. The van der Waals surface area contributed by atoms with E-state index in [1.165, 1.54) is 6.92 Å². The average molecular weight is 478 g/mol. The van der Waals surface area contributed by atoms with Gasteiger partial charge in [-0.3, -0.25) is 29.8 Å². The van der Waals surface area contributed by atoms with E-state index >= 15 is 0 Å². The highest BCUT2D eigenvalue weighted by Gasteiger charge is 2.21. The second-order valence-corrected chi connectivity index (χ2v) is 6.95. The Bertz CT molecular complexity index is 1040. The van der Waals surface area contributed by atoms with Gasteiger partial charge in [-0.05, 0) is 41.1 Å². The fourth-order valence-electron chi connectivity index (χ4n) is 2.38. The molecule has 2 rings (SSSR count). The molecule has 0 saturated heterocycles. The normalized spacial score (nSPS) is 10.9. The molecule has 0 aliphatic carbocycles. The van der Waals surface area contributed by atoms with Gasteiger partial charge in [0.2, 0.25) is 11.8 Å². The molecule has 2 N–H and O–H groups in total. The maximum Gasteiger partial charge on any atom is 0.279 e. The van der Waals surface area contributed by atoms with Gasteiger partial charge in [-0.1, -0.05) is 12.1 Å². The van der Waals surface area contributed by atoms with Crippen molar-refractivity contribution >= 4 is 50.5 Å². The number of non-ortho nitro benzene ring substituents is 1. The van der Waals surface area contributed by atoms with Crippen molar-refractivity contribution in [1.29, 1.82) is 0 Å². The van der Waals surface area contributed by atoms with Crippen LogP contribution in [0.25, 0.3) is 0 Å². The molecule has 0 atom stereocenters. The minimum absolute atomic E-state index is 0.00243. The zero-order chi connectivity index (χ0) is 22.3. The molecule has 0 fully saturated rings. The maximum absolute atomic E-state index is 12.1. The van der Waals surface area contributed by atoms with Crippen molar-refractivity contribution in [3.8, 4) is 0 Å². The van der Waals surface area contributed by atoms with Crippen molar-refractivity contribution in [2.45, 2.75) is 19.8 Å². The van der Waals surface area contributed by atoms with Crippen molar-refractivity contribution in [3.63, 3.8) is 0 Å². The van der Waals surface area contributed by atoms with Crippen LogP contribution in [0.15, 0.2) is 52.0 Å². The predicted molar refractivity (Wildman–Crippen MR) is 112 cm³/mol. The fraction of sp³-hybridized carbons (Fsp3) is 0.167. The van der Waals surface area contributed by atoms with Crippen LogP contribution in [0.1, 0.15) is 18.9 Å². The topological polar surface area (TPSA) is 157 Å². The number of nitro groups is 2. The van der Waals surface area contributed by atoms with Crippen molar-refractivity contribution in [1.82, 2.24) is 5.43 Å². The van der Waals surface area contributed by atoms with E-state index in [4.69, 9.17) is 0 Å². The molecule has 0 aliphatic heterocycles. The molecule has 0 radical (unpaired) electrons. The summed E-state index contributed by atoms with van der Waals surface area (Å²) in [5.41, 5.74) is 2.14. The summed E-state index contributed by atoms with van der Waals surface area (Å²) in [6.07, 6.45) is -0.493. The summed E-state index contributed by atoms with van der Waals surface area (Å²) in [6, 6.07) is 10.1. The van der Waals surface area contributed by atoms with E-state index in [-0.39, 0.29) is 17.9 Å². The Balaban J connectivity index is 1.97. The number of nitro benzene ring substituents is 2. The number of hydrazone groups is 1. The quantitative estimate of drug-likeness (QED) is 0.337. The number of hydrogen-bond donors (Lipinski definition) is 2. The third-order valence-corrected chi connectivity index (χ3v) is 4.45. The molecule has 156 valence electrons. The number of nitrogens with zero attached hydrogens (tertiary/aromatic N) is 3. The number of anilines is 1. The molecule has 0 heterocycles. The van der Waals surface area contributed by atoms with Crippen LogP contribution < -0.4 is 10.7 Å². The van der Waals surface area contributed by atoms with Crippen LogP contribution in [0.4, 0.5) is 17.1 Å². The van der Waals surface area contributed by atoms with E-state index in [1.54, 1.807) is 24.3 Å². The van der Waals surface area contributed by atoms with Gasteiger partial charge >= 0.3 is 0 Å². The minimum Gasteiger partial charge on any atom is -0.325 e. The third-order valence-electron chi connectivity index (χ3n) is 3.76. The van der Waals surface area contributed by atoms with E-state index in [0.717, 1.165) is 18.2 Å². The molecular weight excluding hydrogens is 462 g/mol. The zero-order valence-electron chi connectivity index (χ0n) is 15.6. The van der Waals surface area contributed by atoms with Crippen LogP contribution in [0, 0.1) is 20.2 Å². The molecule has 11 nitrogen and oxygen atoms in total. The van der Waals surface area contributed by atoms with E-state index in [1.807, 2.05) is 0 Å². The molecule has 12 heteroatoms. The molecule has 2 aromatic carbocycles. The van der Waals surface area contributed by atoms with Gasteiger partial charge in [-0.2, -0.15) is 5.10 Å². The van der Waals surface area contributed by atoms with Crippen LogP contribution in [0.3, 0.4) is 0 Å². The summed E-state index contributed by atoms with van der Waals surface area (Å²) in [5.74, 6) is -1.01. The smallest absolute Gasteiger partial charge is 0.279 e. The summed E-state index contributed by atoms with van der Waals surface area (Å²) in [5, 5.41) is 28.4. The first kappa shape index (κ1) is 22.6. The van der Waals surface area contributed by atoms with Crippen LogP contribution in [0.2, 0.25) is 0 Å². The lowest BCUT2D eigenvalue weighted by atomic mass is 10.1. The molecule has 0 spiro atoms. The fourth-order valence-corrected chi connectivity index (χ4v) is 2.77. The molecule has 30 heavy (non-hydrogen) atoms. The zero-order valence-corrected chi connectivity index (χ0v) is 17.2. The lowest BCUT2D eigenvalue weighted by Crippen LogP contribution is -2.23. The highest BCUT2D eigenvalue weighted by molar-refractivity contribution is 9.10. The summed E-state index contributed by atoms with van der Waals surface area (Å²) in [7, 11) is 0. The summed E-state index contributed by atoms with van der Waals surface area (Å²) in [4.78, 5) is 44.4. The lowest BCUT2D eigenvalue weighted by molar-refractivity contribution is -0.394.